The number of benzene rings is 2. The van der Waals surface area contributed by atoms with Crippen LogP contribution in [0.3, 0.4) is 0 Å². The molecule has 1 saturated heterocycles. The minimum Gasteiger partial charge on any atom is -0.368 e. The van der Waals surface area contributed by atoms with Crippen LogP contribution in [0.4, 0.5) is 0 Å². The van der Waals surface area contributed by atoms with Crippen molar-refractivity contribution in [1.29, 1.82) is 0 Å². The predicted octanol–water partition coefficient (Wildman–Crippen LogP) is 4.44. The fraction of sp³-hybridized carbons (Fsp3) is 0.440. The van der Waals surface area contributed by atoms with Crippen LogP contribution in [0.15, 0.2) is 48.5 Å². The van der Waals surface area contributed by atoms with Crippen molar-refractivity contribution in [1.82, 2.24) is 14.9 Å². The zero-order valence-electron chi connectivity index (χ0n) is 17.9. The molecular formula is C25H31N3O2. The van der Waals surface area contributed by atoms with Gasteiger partial charge in [0.15, 0.2) is 0 Å². The van der Waals surface area contributed by atoms with E-state index in [2.05, 4.69) is 60.1 Å². The molecule has 2 atom stereocenters. The fourth-order valence-corrected chi connectivity index (χ4v) is 4.06. The quantitative estimate of drug-likeness (QED) is 0.603. The number of para-hydroxylation sites is 2. The highest BCUT2D eigenvalue weighted by Gasteiger charge is 2.23. The summed E-state index contributed by atoms with van der Waals surface area (Å²) in [5.41, 5.74) is 4.77. The summed E-state index contributed by atoms with van der Waals surface area (Å²) in [5.74, 6) is 1.57. The van der Waals surface area contributed by atoms with Crippen molar-refractivity contribution in [3.05, 3.63) is 65.5 Å². The van der Waals surface area contributed by atoms with Crippen LogP contribution in [0.5, 0.6) is 0 Å². The molecule has 30 heavy (non-hydrogen) atoms. The van der Waals surface area contributed by atoms with Gasteiger partial charge < -0.3 is 14.6 Å². The number of carbonyl (C=O) groups excluding carboxylic acids is 1. The topological polar surface area (TPSA) is 56.2 Å². The summed E-state index contributed by atoms with van der Waals surface area (Å²) in [6.07, 6.45) is 3.33. The first kappa shape index (κ1) is 20.6. The second-order valence-corrected chi connectivity index (χ2v) is 8.20. The molecule has 0 bridgehead atoms. The Bertz CT molecular complexity index is 987. The van der Waals surface area contributed by atoms with Gasteiger partial charge in [0.1, 0.15) is 11.9 Å². The maximum Gasteiger partial charge on any atom is 0.249 e. The number of ether oxygens (including phenoxy) is 1. The molecule has 1 aliphatic heterocycles. The molecule has 1 aliphatic rings. The van der Waals surface area contributed by atoms with Crippen LogP contribution < -0.4 is 5.32 Å². The maximum absolute atomic E-state index is 12.2. The van der Waals surface area contributed by atoms with Crippen molar-refractivity contribution < 1.29 is 9.53 Å². The van der Waals surface area contributed by atoms with Gasteiger partial charge in [-0.25, -0.2) is 4.98 Å². The van der Waals surface area contributed by atoms with E-state index < -0.39 is 0 Å². The highest BCUT2D eigenvalue weighted by Crippen LogP contribution is 2.22. The third kappa shape index (κ3) is 4.57. The normalized spacial score (nSPS) is 17.3. The van der Waals surface area contributed by atoms with Gasteiger partial charge >= 0.3 is 0 Å². The maximum atomic E-state index is 12.2. The van der Waals surface area contributed by atoms with E-state index in [4.69, 9.17) is 9.72 Å². The van der Waals surface area contributed by atoms with Crippen molar-refractivity contribution in [3.8, 4) is 0 Å². The zero-order valence-corrected chi connectivity index (χ0v) is 17.9. The first-order valence-corrected chi connectivity index (χ1v) is 11.1. The molecule has 0 saturated carbocycles. The van der Waals surface area contributed by atoms with Crippen LogP contribution in [0, 0.1) is 0 Å². The zero-order chi connectivity index (χ0) is 20.9. The van der Waals surface area contributed by atoms with E-state index in [1.54, 1.807) is 0 Å². The number of nitrogens with one attached hydrogen (secondary N) is 1. The van der Waals surface area contributed by atoms with Gasteiger partial charge in [0.05, 0.1) is 11.0 Å². The summed E-state index contributed by atoms with van der Waals surface area (Å²) in [6, 6.07) is 17.2. The number of hydrogen-bond donors (Lipinski definition) is 1. The third-order valence-corrected chi connectivity index (χ3v) is 6.11. The number of fused-ring (bicyclic) bond motifs is 1. The number of nitrogens with zero attached hydrogens (tertiary/aromatic N) is 2. The van der Waals surface area contributed by atoms with E-state index in [-0.39, 0.29) is 12.0 Å². The number of imidazole rings is 1. The van der Waals surface area contributed by atoms with E-state index in [0.29, 0.717) is 25.5 Å². The number of hydrogen-bond acceptors (Lipinski definition) is 3. The molecule has 158 valence electrons. The highest BCUT2D eigenvalue weighted by atomic mass is 16.5. The molecule has 5 nitrogen and oxygen atoms in total. The Hall–Kier alpha value is -2.66. The van der Waals surface area contributed by atoms with Gasteiger partial charge in [-0.05, 0) is 48.4 Å². The van der Waals surface area contributed by atoms with E-state index in [0.717, 1.165) is 42.7 Å². The number of amides is 1. The Balaban J connectivity index is 1.49. The highest BCUT2D eigenvalue weighted by molar-refractivity contribution is 5.81. The van der Waals surface area contributed by atoms with Crippen molar-refractivity contribution in [3.63, 3.8) is 0 Å². The van der Waals surface area contributed by atoms with Gasteiger partial charge in [-0.15, -0.1) is 0 Å². The lowest BCUT2D eigenvalue weighted by Crippen LogP contribution is -2.35. The minimum absolute atomic E-state index is 0.00389. The standard InChI is InChI=1S/C25H31N3O2/c1-3-18(2)20-12-10-19(11-13-20)17-28-22-8-5-4-7-21(22)27-24(28)14-15-26-25(29)23-9-6-16-30-23/h4-5,7-8,10-13,18,23H,3,6,9,14-17H2,1-2H3,(H,26,29). The van der Waals surface area contributed by atoms with Gasteiger partial charge in [-0.3, -0.25) is 4.79 Å². The monoisotopic (exact) mass is 405 g/mol. The third-order valence-electron chi connectivity index (χ3n) is 6.11. The Labute approximate surface area is 178 Å². The average Bonchev–Trinajstić information content (AvgIpc) is 3.43. The SMILES string of the molecule is CCC(C)c1ccc(Cn2c(CCNC(=O)C3CCCO3)nc3ccccc32)cc1. The molecule has 2 unspecified atom stereocenters. The van der Waals surface area contributed by atoms with Crippen LogP contribution in [-0.2, 0) is 22.5 Å². The van der Waals surface area contributed by atoms with Gasteiger partial charge in [0, 0.05) is 26.1 Å². The summed E-state index contributed by atoms with van der Waals surface area (Å²) >= 11 is 0. The molecule has 1 N–H and O–H groups in total. The molecule has 1 amide bonds. The lowest BCUT2D eigenvalue weighted by Gasteiger charge is -2.13. The molecule has 1 fully saturated rings. The first-order chi connectivity index (χ1) is 14.7. The summed E-state index contributed by atoms with van der Waals surface area (Å²) in [6.45, 7) is 6.51. The second-order valence-electron chi connectivity index (χ2n) is 8.20. The van der Waals surface area contributed by atoms with Crippen molar-refractivity contribution in [2.45, 2.75) is 58.1 Å². The molecule has 0 aliphatic carbocycles. The van der Waals surface area contributed by atoms with Gasteiger partial charge in [-0.1, -0.05) is 50.2 Å². The summed E-state index contributed by atoms with van der Waals surface area (Å²) in [7, 11) is 0. The van der Waals surface area contributed by atoms with Crippen LogP contribution in [0.2, 0.25) is 0 Å². The summed E-state index contributed by atoms with van der Waals surface area (Å²) in [5, 5.41) is 3.02. The molecule has 2 aromatic carbocycles. The predicted molar refractivity (Wildman–Crippen MR) is 120 cm³/mol. The number of carbonyl (C=O) groups is 1. The van der Waals surface area contributed by atoms with E-state index in [1.807, 2.05) is 12.1 Å². The number of aromatic nitrogens is 2. The smallest absolute Gasteiger partial charge is 0.249 e. The van der Waals surface area contributed by atoms with Crippen molar-refractivity contribution in [2.24, 2.45) is 0 Å². The molecule has 5 heteroatoms. The molecule has 2 heterocycles. The fourth-order valence-electron chi connectivity index (χ4n) is 4.06. The lowest BCUT2D eigenvalue weighted by molar-refractivity contribution is -0.130. The van der Waals surface area contributed by atoms with Crippen LogP contribution in [0.25, 0.3) is 11.0 Å². The van der Waals surface area contributed by atoms with Crippen molar-refractivity contribution in [2.75, 3.05) is 13.2 Å². The van der Waals surface area contributed by atoms with Gasteiger partial charge in [-0.2, -0.15) is 0 Å². The molecule has 1 aromatic heterocycles. The molecule has 0 radical (unpaired) electrons. The first-order valence-electron chi connectivity index (χ1n) is 11.1. The summed E-state index contributed by atoms with van der Waals surface area (Å²) < 4.78 is 7.74. The largest absolute Gasteiger partial charge is 0.368 e. The van der Waals surface area contributed by atoms with E-state index >= 15 is 0 Å². The molecule has 3 aromatic rings. The lowest BCUT2D eigenvalue weighted by atomic mass is 9.98. The Morgan fingerprint density at radius 2 is 2.03 bits per heavy atom. The van der Waals surface area contributed by atoms with E-state index in [9.17, 15) is 4.79 Å². The summed E-state index contributed by atoms with van der Waals surface area (Å²) in [4.78, 5) is 17.1. The van der Waals surface area contributed by atoms with Crippen molar-refractivity contribution >= 4 is 16.9 Å². The molecular weight excluding hydrogens is 374 g/mol. The van der Waals surface area contributed by atoms with E-state index in [1.165, 1.54) is 11.1 Å². The van der Waals surface area contributed by atoms with Crippen LogP contribution >= 0.6 is 0 Å². The van der Waals surface area contributed by atoms with Gasteiger partial charge in [0.25, 0.3) is 0 Å². The Morgan fingerprint density at radius 3 is 2.77 bits per heavy atom. The Kier molecular flexibility index (Phi) is 6.48. The molecule has 4 rings (SSSR count). The van der Waals surface area contributed by atoms with Crippen LogP contribution in [-0.4, -0.2) is 34.7 Å². The minimum atomic E-state index is -0.284. The number of rotatable bonds is 8. The van der Waals surface area contributed by atoms with Gasteiger partial charge in [0.2, 0.25) is 5.91 Å². The Morgan fingerprint density at radius 1 is 1.23 bits per heavy atom. The second kappa shape index (κ2) is 9.43. The van der Waals surface area contributed by atoms with Crippen LogP contribution in [0.1, 0.15) is 56.0 Å². The molecule has 0 spiro atoms. The average molecular weight is 406 g/mol.